The Hall–Kier alpha value is -2.54. The SMILES string of the molecule is CCCCCC(O)NC(NC(O)CCCCC)=c1ccc(=C(C#N)C#N)cc1. The van der Waals surface area contributed by atoms with E-state index in [0.29, 0.717) is 23.9 Å². The maximum Gasteiger partial charge on any atom is 0.136 e. The minimum absolute atomic E-state index is 0.0493. The number of aliphatic hydroxyl groups excluding tert-OH is 2. The summed E-state index contributed by atoms with van der Waals surface area (Å²) in [5.41, 5.74) is 0.0493. The average Bonchev–Trinajstić information content (AvgIpc) is 2.69. The van der Waals surface area contributed by atoms with E-state index in [-0.39, 0.29) is 5.57 Å². The summed E-state index contributed by atoms with van der Waals surface area (Å²) in [6.45, 7) is 4.22. The molecule has 0 amide bonds. The summed E-state index contributed by atoms with van der Waals surface area (Å²) in [6.07, 6.45) is 5.87. The van der Waals surface area contributed by atoms with Crippen LogP contribution in [0.1, 0.15) is 65.2 Å². The Kier molecular flexibility index (Phi) is 11.4. The summed E-state index contributed by atoms with van der Waals surface area (Å²) in [5.74, 6) is 0.537. The fourth-order valence-electron chi connectivity index (χ4n) is 2.82. The minimum atomic E-state index is -0.725. The second-order valence-electron chi connectivity index (χ2n) is 6.86. The summed E-state index contributed by atoms with van der Waals surface area (Å²) >= 11 is 0. The molecule has 0 spiro atoms. The van der Waals surface area contributed by atoms with Gasteiger partial charge in [-0.3, -0.25) is 0 Å². The molecule has 0 radical (unpaired) electrons. The van der Waals surface area contributed by atoms with Crippen LogP contribution in [0.4, 0.5) is 0 Å². The standard InChI is InChI=1S/C22H32N4O2/c1-3-5-7-9-20(27)25-22(26-21(28)10-8-6-4-2)18-13-11-17(12-14-18)19(15-23)16-24/h11-14,20-21,25-28H,3-10H2,1-2H3. The van der Waals surface area contributed by atoms with Gasteiger partial charge in [0.15, 0.2) is 0 Å². The molecule has 0 saturated carbocycles. The lowest BCUT2D eigenvalue weighted by Gasteiger charge is -2.22. The minimum Gasteiger partial charge on any atom is -0.374 e. The van der Waals surface area contributed by atoms with Gasteiger partial charge in [0.25, 0.3) is 0 Å². The van der Waals surface area contributed by atoms with Crippen LogP contribution in [0.5, 0.6) is 0 Å². The number of unbranched alkanes of at least 4 members (excludes halogenated alkanes) is 4. The molecule has 1 rings (SSSR count). The van der Waals surface area contributed by atoms with Gasteiger partial charge in [-0.2, -0.15) is 10.5 Å². The average molecular weight is 385 g/mol. The van der Waals surface area contributed by atoms with Gasteiger partial charge in [-0.15, -0.1) is 0 Å². The van der Waals surface area contributed by atoms with Gasteiger partial charge < -0.3 is 20.8 Å². The maximum atomic E-state index is 10.3. The number of nitriles is 2. The normalized spacial score (nSPS) is 12.4. The molecule has 152 valence electrons. The van der Waals surface area contributed by atoms with E-state index in [2.05, 4.69) is 24.5 Å². The molecule has 0 aromatic heterocycles. The topological polar surface area (TPSA) is 112 Å². The fraction of sp³-hybridized carbons (Fsp3) is 0.545. The molecule has 0 fully saturated rings. The predicted octanol–water partition coefficient (Wildman–Crippen LogP) is 1.93. The van der Waals surface area contributed by atoms with E-state index in [1.807, 2.05) is 12.1 Å². The lowest BCUT2D eigenvalue weighted by Crippen LogP contribution is -2.42. The number of rotatable bonds is 12. The summed E-state index contributed by atoms with van der Waals surface area (Å²) in [4.78, 5) is 0. The van der Waals surface area contributed by atoms with Crippen LogP contribution >= 0.6 is 0 Å². The molecule has 28 heavy (non-hydrogen) atoms. The Bertz CT molecular complexity index is 733. The molecule has 0 heterocycles. The van der Waals surface area contributed by atoms with Crippen LogP contribution < -0.4 is 21.1 Å². The van der Waals surface area contributed by atoms with Gasteiger partial charge in [-0.1, -0.05) is 63.8 Å². The van der Waals surface area contributed by atoms with Gasteiger partial charge in [-0.05, 0) is 25.7 Å². The van der Waals surface area contributed by atoms with E-state index in [9.17, 15) is 10.2 Å². The molecule has 1 aromatic rings. The Balaban J connectivity index is 3.08. The zero-order valence-electron chi connectivity index (χ0n) is 16.9. The van der Waals surface area contributed by atoms with Crippen molar-refractivity contribution in [2.75, 3.05) is 0 Å². The van der Waals surface area contributed by atoms with Crippen molar-refractivity contribution in [3.63, 3.8) is 0 Å². The molecule has 0 saturated heterocycles. The Morgan fingerprint density at radius 3 is 1.64 bits per heavy atom. The number of benzene rings is 1. The van der Waals surface area contributed by atoms with Crippen molar-refractivity contribution >= 4 is 11.4 Å². The Labute approximate surface area is 167 Å². The zero-order valence-corrected chi connectivity index (χ0v) is 16.9. The Morgan fingerprint density at radius 1 is 0.821 bits per heavy atom. The van der Waals surface area contributed by atoms with E-state index < -0.39 is 12.5 Å². The molecule has 6 heteroatoms. The maximum absolute atomic E-state index is 10.3. The monoisotopic (exact) mass is 384 g/mol. The van der Waals surface area contributed by atoms with Crippen LogP contribution in [-0.2, 0) is 0 Å². The third-order valence-electron chi connectivity index (χ3n) is 4.47. The summed E-state index contributed by atoms with van der Waals surface area (Å²) < 4.78 is 0. The van der Waals surface area contributed by atoms with E-state index >= 15 is 0 Å². The van der Waals surface area contributed by atoms with Gasteiger partial charge in [0.1, 0.15) is 36.0 Å². The van der Waals surface area contributed by atoms with Crippen LogP contribution in [-0.4, -0.2) is 22.7 Å². The molecule has 2 unspecified atom stereocenters. The van der Waals surface area contributed by atoms with Gasteiger partial charge in [-0.25, -0.2) is 0 Å². The largest absolute Gasteiger partial charge is 0.374 e. The third kappa shape index (κ3) is 8.43. The highest BCUT2D eigenvalue weighted by Gasteiger charge is 2.10. The van der Waals surface area contributed by atoms with Gasteiger partial charge in [0.2, 0.25) is 0 Å². The van der Waals surface area contributed by atoms with Crippen molar-refractivity contribution in [3.05, 3.63) is 34.7 Å². The second-order valence-corrected chi connectivity index (χ2v) is 6.86. The van der Waals surface area contributed by atoms with Crippen LogP contribution in [0.2, 0.25) is 0 Å². The summed E-state index contributed by atoms with van der Waals surface area (Å²) in [5, 5.41) is 46.0. The van der Waals surface area contributed by atoms with Gasteiger partial charge in [0.05, 0.1) is 0 Å². The second kappa shape index (κ2) is 13.6. The van der Waals surface area contributed by atoms with Crippen LogP contribution in [0.25, 0.3) is 11.4 Å². The van der Waals surface area contributed by atoms with Gasteiger partial charge in [0, 0.05) is 10.4 Å². The number of aliphatic hydroxyl groups is 2. The van der Waals surface area contributed by atoms with Crippen molar-refractivity contribution < 1.29 is 10.2 Å². The molecule has 0 aliphatic rings. The number of hydrogen-bond donors (Lipinski definition) is 4. The molecule has 6 nitrogen and oxygen atoms in total. The fourth-order valence-corrected chi connectivity index (χ4v) is 2.82. The molecule has 0 bridgehead atoms. The van der Waals surface area contributed by atoms with Crippen LogP contribution in [0.3, 0.4) is 0 Å². The first-order chi connectivity index (χ1) is 13.5. The first-order valence-corrected chi connectivity index (χ1v) is 10.1. The van der Waals surface area contributed by atoms with Crippen molar-refractivity contribution in [2.24, 2.45) is 0 Å². The van der Waals surface area contributed by atoms with Crippen LogP contribution in [0.15, 0.2) is 24.3 Å². The number of nitrogens with one attached hydrogen (secondary N) is 2. The van der Waals surface area contributed by atoms with Crippen LogP contribution in [0, 0.1) is 22.7 Å². The highest BCUT2D eigenvalue weighted by atomic mass is 16.3. The molecule has 0 aliphatic heterocycles. The number of nitrogens with zero attached hydrogens (tertiary/aromatic N) is 2. The highest BCUT2D eigenvalue weighted by molar-refractivity contribution is 5.72. The van der Waals surface area contributed by atoms with Crippen molar-refractivity contribution in [1.29, 1.82) is 10.5 Å². The first kappa shape index (κ1) is 23.5. The molecular weight excluding hydrogens is 352 g/mol. The molecule has 4 N–H and O–H groups in total. The molecule has 1 aromatic carbocycles. The zero-order chi connectivity index (χ0) is 20.8. The Morgan fingerprint density at radius 2 is 1.25 bits per heavy atom. The molecule has 0 aliphatic carbocycles. The quantitative estimate of drug-likeness (QED) is 0.324. The molecule has 2 atom stereocenters. The van der Waals surface area contributed by atoms with E-state index in [4.69, 9.17) is 10.5 Å². The smallest absolute Gasteiger partial charge is 0.136 e. The number of hydrogen-bond acceptors (Lipinski definition) is 6. The third-order valence-corrected chi connectivity index (χ3v) is 4.47. The van der Waals surface area contributed by atoms with Crippen molar-refractivity contribution in [3.8, 4) is 12.1 Å². The van der Waals surface area contributed by atoms with E-state index in [1.54, 1.807) is 24.3 Å². The highest BCUT2D eigenvalue weighted by Crippen LogP contribution is 2.05. The lowest BCUT2D eigenvalue weighted by molar-refractivity contribution is 0.122. The molecular formula is C22H32N4O2. The van der Waals surface area contributed by atoms with E-state index in [0.717, 1.165) is 43.7 Å². The summed E-state index contributed by atoms with van der Waals surface area (Å²) in [7, 11) is 0. The van der Waals surface area contributed by atoms with Gasteiger partial charge >= 0.3 is 0 Å². The van der Waals surface area contributed by atoms with Crippen molar-refractivity contribution in [2.45, 2.75) is 77.7 Å². The summed E-state index contributed by atoms with van der Waals surface area (Å²) in [6, 6.07) is 10.6. The van der Waals surface area contributed by atoms with E-state index in [1.165, 1.54) is 0 Å². The predicted molar refractivity (Wildman–Crippen MR) is 110 cm³/mol. The first-order valence-electron chi connectivity index (χ1n) is 10.1. The van der Waals surface area contributed by atoms with Crippen molar-refractivity contribution in [1.82, 2.24) is 10.6 Å². The lowest BCUT2D eigenvalue weighted by atomic mass is 10.1.